The second kappa shape index (κ2) is 4.81. The zero-order chi connectivity index (χ0) is 11.4. The van der Waals surface area contributed by atoms with Crippen LogP contribution in [0, 0.1) is 0 Å². The highest BCUT2D eigenvalue weighted by Gasteiger charge is 2.12. The molecule has 2 aromatic rings. The van der Waals surface area contributed by atoms with Crippen LogP contribution in [-0.2, 0) is 0 Å². The first-order valence-corrected chi connectivity index (χ1v) is 5.81. The summed E-state index contributed by atoms with van der Waals surface area (Å²) in [5.41, 5.74) is 0.913. The van der Waals surface area contributed by atoms with Crippen LogP contribution < -0.4 is 5.32 Å². The normalized spacial score (nSPS) is 10.0. The Morgan fingerprint density at radius 1 is 1.50 bits per heavy atom. The van der Waals surface area contributed by atoms with Gasteiger partial charge in [-0.3, -0.25) is 4.79 Å². The van der Waals surface area contributed by atoms with Crippen molar-refractivity contribution >= 4 is 17.2 Å². The number of carbonyl (C=O) groups is 1. The summed E-state index contributed by atoms with van der Waals surface area (Å²) in [5, 5.41) is 4.69. The third-order valence-corrected chi connectivity index (χ3v) is 3.04. The Hall–Kier alpha value is -1.81. The quantitative estimate of drug-likeness (QED) is 0.807. The van der Waals surface area contributed by atoms with Gasteiger partial charge in [0.2, 0.25) is 0 Å². The van der Waals surface area contributed by atoms with E-state index in [0.29, 0.717) is 6.54 Å². The lowest BCUT2D eigenvalue weighted by Gasteiger charge is -2.04. The highest BCUT2D eigenvalue weighted by molar-refractivity contribution is 7.12. The topological polar surface area (TPSA) is 34.0 Å². The SMILES string of the molecule is C=CCNC(=O)c1sccc1-n1cccc1. The van der Waals surface area contributed by atoms with E-state index in [0.717, 1.165) is 10.6 Å². The summed E-state index contributed by atoms with van der Waals surface area (Å²) in [5.74, 6) is -0.0569. The fourth-order valence-corrected chi connectivity index (χ4v) is 2.22. The van der Waals surface area contributed by atoms with E-state index in [1.165, 1.54) is 11.3 Å². The third kappa shape index (κ3) is 2.06. The second-order valence-electron chi connectivity index (χ2n) is 3.22. The number of nitrogens with one attached hydrogen (secondary N) is 1. The Labute approximate surface area is 98.0 Å². The van der Waals surface area contributed by atoms with E-state index in [-0.39, 0.29) is 5.91 Å². The molecular weight excluding hydrogens is 220 g/mol. The fraction of sp³-hybridized carbons (Fsp3) is 0.0833. The fourth-order valence-electron chi connectivity index (χ4n) is 1.42. The van der Waals surface area contributed by atoms with Gasteiger partial charge in [0.1, 0.15) is 4.88 Å². The summed E-state index contributed by atoms with van der Waals surface area (Å²) in [7, 11) is 0. The van der Waals surface area contributed by atoms with Crippen LogP contribution in [-0.4, -0.2) is 17.0 Å². The van der Waals surface area contributed by atoms with Crippen LogP contribution in [0.3, 0.4) is 0 Å². The van der Waals surface area contributed by atoms with Crippen molar-refractivity contribution in [3.05, 3.63) is 53.5 Å². The number of aromatic nitrogens is 1. The van der Waals surface area contributed by atoms with Crippen LogP contribution in [0.25, 0.3) is 5.69 Å². The van der Waals surface area contributed by atoms with Gasteiger partial charge in [-0.2, -0.15) is 0 Å². The molecule has 4 heteroatoms. The molecule has 0 aromatic carbocycles. The zero-order valence-corrected chi connectivity index (χ0v) is 9.54. The predicted octanol–water partition coefficient (Wildman–Crippen LogP) is 2.45. The van der Waals surface area contributed by atoms with Crippen molar-refractivity contribution in [2.75, 3.05) is 6.54 Å². The highest BCUT2D eigenvalue weighted by Crippen LogP contribution is 2.20. The van der Waals surface area contributed by atoms with Gasteiger partial charge in [-0.05, 0) is 23.6 Å². The summed E-state index contributed by atoms with van der Waals surface area (Å²) in [6.07, 6.45) is 5.51. The molecule has 0 radical (unpaired) electrons. The number of carbonyl (C=O) groups excluding carboxylic acids is 1. The van der Waals surface area contributed by atoms with Crippen molar-refractivity contribution < 1.29 is 4.79 Å². The van der Waals surface area contributed by atoms with E-state index < -0.39 is 0 Å². The van der Waals surface area contributed by atoms with E-state index in [9.17, 15) is 4.79 Å². The number of amides is 1. The standard InChI is InChI=1S/C12H12N2OS/c1-2-6-13-12(15)11-10(5-9-16-11)14-7-3-4-8-14/h2-5,7-9H,1,6H2,(H,13,15). The van der Waals surface area contributed by atoms with E-state index in [1.807, 2.05) is 40.5 Å². The molecule has 2 aromatic heterocycles. The van der Waals surface area contributed by atoms with Crippen molar-refractivity contribution in [3.63, 3.8) is 0 Å². The molecule has 16 heavy (non-hydrogen) atoms. The lowest BCUT2D eigenvalue weighted by atomic mass is 10.3. The van der Waals surface area contributed by atoms with Crippen molar-refractivity contribution in [1.82, 2.24) is 9.88 Å². The molecule has 0 aliphatic rings. The lowest BCUT2D eigenvalue weighted by Crippen LogP contribution is -2.23. The van der Waals surface area contributed by atoms with Crippen molar-refractivity contribution in [2.45, 2.75) is 0 Å². The first-order chi connectivity index (χ1) is 7.83. The number of hydrogen-bond acceptors (Lipinski definition) is 2. The predicted molar refractivity (Wildman–Crippen MR) is 66.2 cm³/mol. The molecule has 0 fully saturated rings. The number of hydrogen-bond donors (Lipinski definition) is 1. The molecule has 3 nitrogen and oxygen atoms in total. The first kappa shape index (κ1) is 10.7. The minimum atomic E-state index is -0.0569. The van der Waals surface area contributed by atoms with Crippen molar-refractivity contribution in [1.29, 1.82) is 0 Å². The highest BCUT2D eigenvalue weighted by atomic mass is 32.1. The summed E-state index contributed by atoms with van der Waals surface area (Å²) in [4.78, 5) is 12.5. The minimum Gasteiger partial charge on any atom is -0.348 e. The maximum Gasteiger partial charge on any atom is 0.263 e. The zero-order valence-electron chi connectivity index (χ0n) is 8.72. The van der Waals surface area contributed by atoms with Crippen molar-refractivity contribution in [3.8, 4) is 5.69 Å². The van der Waals surface area contributed by atoms with Gasteiger partial charge in [-0.1, -0.05) is 6.08 Å². The molecule has 0 saturated heterocycles. The second-order valence-corrected chi connectivity index (χ2v) is 4.14. The van der Waals surface area contributed by atoms with Crippen molar-refractivity contribution in [2.24, 2.45) is 0 Å². The third-order valence-electron chi connectivity index (χ3n) is 2.14. The van der Waals surface area contributed by atoms with Gasteiger partial charge in [0.05, 0.1) is 5.69 Å². The Morgan fingerprint density at radius 3 is 2.94 bits per heavy atom. The van der Waals surface area contributed by atoms with Crippen LogP contribution >= 0.6 is 11.3 Å². The largest absolute Gasteiger partial charge is 0.348 e. The number of nitrogens with zero attached hydrogens (tertiary/aromatic N) is 1. The van der Waals surface area contributed by atoms with Crippen LogP contribution in [0.1, 0.15) is 9.67 Å². The van der Waals surface area contributed by atoms with E-state index in [1.54, 1.807) is 6.08 Å². The molecule has 82 valence electrons. The van der Waals surface area contributed by atoms with Crippen LogP contribution in [0.2, 0.25) is 0 Å². The van der Waals surface area contributed by atoms with Gasteiger partial charge in [0, 0.05) is 18.9 Å². The van der Waals surface area contributed by atoms with E-state index >= 15 is 0 Å². The molecule has 2 rings (SSSR count). The molecule has 2 heterocycles. The van der Waals surface area contributed by atoms with E-state index in [4.69, 9.17) is 0 Å². The van der Waals surface area contributed by atoms with Gasteiger partial charge in [-0.25, -0.2) is 0 Å². The van der Waals surface area contributed by atoms with Gasteiger partial charge < -0.3 is 9.88 Å². The van der Waals surface area contributed by atoms with Gasteiger partial charge in [0.15, 0.2) is 0 Å². The Morgan fingerprint density at radius 2 is 2.25 bits per heavy atom. The Bertz CT molecular complexity index is 485. The molecule has 1 N–H and O–H groups in total. The van der Waals surface area contributed by atoms with Crippen LogP contribution in [0.15, 0.2) is 48.6 Å². The van der Waals surface area contributed by atoms with Crippen LogP contribution in [0.5, 0.6) is 0 Å². The smallest absolute Gasteiger partial charge is 0.263 e. The molecule has 1 amide bonds. The Kier molecular flexibility index (Phi) is 3.22. The Balaban J connectivity index is 2.26. The minimum absolute atomic E-state index is 0.0569. The van der Waals surface area contributed by atoms with Gasteiger partial charge in [0.25, 0.3) is 5.91 Å². The molecule has 0 aliphatic heterocycles. The molecule has 0 spiro atoms. The monoisotopic (exact) mass is 232 g/mol. The van der Waals surface area contributed by atoms with E-state index in [2.05, 4.69) is 11.9 Å². The first-order valence-electron chi connectivity index (χ1n) is 4.93. The molecule has 0 saturated carbocycles. The molecule has 0 unspecified atom stereocenters. The summed E-state index contributed by atoms with van der Waals surface area (Å²) in [6, 6.07) is 5.81. The van der Waals surface area contributed by atoms with Gasteiger partial charge >= 0.3 is 0 Å². The summed E-state index contributed by atoms with van der Waals surface area (Å²) < 4.78 is 1.93. The van der Waals surface area contributed by atoms with Gasteiger partial charge in [-0.15, -0.1) is 17.9 Å². The summed E-state index contributed by atoms with van der Waals surface area (Å²) in [6.45, 7) is 4.06. The summed E-state index contributed by atoms with van der Waals surface area (Å²) >= 11 is 1.44. The average molecular weight is 232 g/mol. The van der Waals surface area contributed by atoms with Crippen LogP contribution in [0.4, 0.5) is 0 Å². The molecule has 0 aliphatic carbocycles. The molecule has 0 atom stereocenters. The average Bonchev–Trinajstić information content (AvgIpc) is 2.94. The maximum atomic E-state index is 11.8. The number of rotatable bonds is 4. The number of thiophene rings is 1. The molecule has 0 bridgehead atoms. The molecular formula is C12H12N2OS. The maximum absolute atomic E-state index is 11.8. The lowest BCUT2D eigenvalue weighted by molar-refractivity contribution is 0.0962.